The van der Waals surface area contributed by atoms with Gasteiger partial charge in [-0.25, -0.2) is 8.42 Å². The van der Waals surface area contributed by atoms with E-state index in [0.717, 1.165) is 49.6 Å². The van der Waals surface area contributed by atoms with Gasteiger partial charge in [-0.2, -0.15) is 0 Å². The summed E-state index contributed by atoms with van der Waals surface area (Å²) in [6.45, 7) is 0.229. The number of sulfonamides is 1. The molecule has 0 saturated carbocycles. The van der Waals surface area contributed by atoms with Crippen molar-refractivity contribution in [1.82, 2.24) is 4.90 Å². The monoisotopic (exact) mass is 477 g/mol. The van der Waals surface area contributed by atoms with E-state index < -0.39 is 16.1 Å². The van der Waals surface area contributed by atoms with E-state index in [9.17, 15) is 23.4 Å². The first-order chi connectivity index (χ1) is 15.6. The van der Waals surface area contributed by atoms with Gasteiger partial charge in [0.05, 0.1) is 18.0 Å². The van der Waals surface area contributed by atoms with Crippen LogP contribution in [-0.2, 0) is 21.2 Å². The second-order valence-corrected chi connectivity index (χ2v) is 10.2. The maximum atomic E-state index is 11.6. The number of benzene rings is 2. The van der Waals surface area contributed by atoms with Gasteiger partial charge < -0.3 is 20.4 Å². The van der Waals surface area contributed by atoms with Crippen LogP contribution in [0.3, 0.4) is 0 Å². The van der Waals surface area contributed by atoms with Crippen LogP contribution in [0, 0.1) is 0 Å². The number of hydrogen-bond acceptors (Lipinski definition) is 6. The highest BCUT2D eigenvalue weighted by atomic mass is 32.2. The van der Waals surface area contributed by atoms with Gasteiger partial charge in [-0.1, -0.05) is 37.1 Å². The van der Waals surface area contributed by atoms with Gasteiger partial charge in [0.1, 0.15) is 5.75 Å². The minimum absolute atomic E-state index is 0.0294. The Hall–Kier alpha value is -2.78. The van der Waals surface area contributed by atoms with E-state index in [4.69, 9.17) is 0 Å². The molecule has 0 radical (unpaired) electrons. The fourth-order valence-electron chi connectivity index (χ4n) is 3.45. The number of phenolic OH excluding ortho intramolecular Hbond substituents is 1. The van der Waals surface area contributed by atoms with Crippen molar-refractivity contribution in [3.8, 4) is 5.75 Å². The number of aromatic hydroxyl groups is 1. The molecule has 1 atom stereocenters. The summed E-state index contributed by atoms with van der Waals surface area (Å²) in [5.41, 5.74) is 2.60. The van der Waals surface area contributed by atoms with Crippen LogP contribution in [0.1, 0.15) is 49.3 Å². The number of aliphatic hydroxyl groups is 1. The number of para-hydroxylation sites is 1. The molecule has 0 fully saturated rings. The molecular weight excluding hydrogens is 442 g/mol. The number of hydrogen-bond donors (Lipinski definition) is 4. The third kappa shape index (κ3) is 9.31. The number of carbonyl (C=O) groups excluding carboxylic acids is 1. The summed E-state index contributed by atoms with van der Waals surface area (Å²) in [6.07, 6.45) is 5.54. The molecule has 1 unspecified atom stereocenters. The lowest BCUT2D eigenvalue weighted by molar-refractivity contribution is -0.128. The predicted octanol–water partition coefficient (Wildman–Crippen LogP) is 3.49. The standard InChI is InChI=1S/C24H35N3O5S/c1-27(2)24(30)13-7-5-4-6-10-18-11-8-9-12-20(18)25-17-23(29)19-14-15-22(28)21(16-19)26-33(3,31)32/h8-9,11-12,14-16,23,25-26,28-29H,4-7,10,13,17H2,1-3H3. The van der Waals surface area contributed by atoms with Crippen LogP contribution in [0.4, 0.5) is 11.4 Å². The Morgan fingerprint density at radius 3 is 2.42 bits per heavy atom. The van der Waals surface area contributed by atoms with Crippen LogP contribution < -0.4 is 10.0 Å². The second-order valence-electron chi connectivity index (χ2n) is 8.41. The highest BCUT2D eigenvalue weighted by Gasteiger charge is 2.13. The summed E-state index contributed by atoms with van der Waals surface area (Å²) in [6, 6.07) is 12.3. The largest absolute Gasteiger partial charge is 0.506 e. The number of amides is 1. The number of carbonyl (C=O) groups is 1. The van der Waals surface area contributed by atoms with Gasteiger partial charge in [-0.05, 0) is 48.6 Å². The number of aryl methyl sites for hydroxylation is 1. The summed E-state index contributed by atoms with van der Waals surface area (Å²) in [5.74, 6) is -0.0447. The Morgan fingerprint density at radius 1 is 1.03 bits per heavy atom. The highest BCUT2D eigenvalue weighted by Crippen LogP contribution is 2.28. The predicted molar refractivity (Wildman–Crippen MR) is 132 cm³/mol. The van der Waals surface area contributed by atoms with Gasteiger partial charge in [0.2, 0.25) is 15.9 Å². The van der Waals surface area contributed by atoms with E-state index in [1.807, 2.05) is 18.2 Å². The highest BCUT2D eigenvalue weighted by molar-refractivity contribution is 7.92. The van der Waals surface area contributed by atoms with Crippen LogP contribution in [-0.4, -0.2) is 56.3 Å². The van der Waals surface area contributed by atoms with E-state index in [2.05, 4.69) is 16.1 Å². The van der Waals surface area contributed by atoms with Crippen molar-refractivity contribution in [2.45, 2.75) is 44.6 Å². The smallest absolute Gasteiger partial charge is 0.229 e. The van der Waals surface area contributed by atoms with Crippen LogP contribution >= 0.6 is 0 Å². The molecule has 33 heavy (non-hydrogen) atoms. The number of aliphatic hydroxyl groups excluding tert-OH is 1. The number of anilines is 2. The summed E-state index contributed by atoms with van der Waals surface area (Å²) in [7, 11) is -0.00400. The molecule has 0 spiro atoms. The molecule has 2 aromatic carbocycles. The quantitative estimate of drug-likeness (QED) is 0.259. The van der Waals surface area contributed by atoms with E-state index in [0.29, 0.717) is 12.0 Å². The third-order valence-corrected chi connectivity index (χ3v) is 5.88. The van der Waals surface area contributed by atoms with Gasteiger partial charge in [0.25, 0.3) is 0 Å². The average Bonchev–Trinajstić information content (AvgIpc) is 2.75. The Labute approximate surface area is 196 Å². The molecule has 0 aromatic heterocycles. The normalized spacial score (nSPS) is 12.2. The fraction of sp³-hybridized carbons (Fsp3) is 0.458. The zero-order chi connectivity index (χ0) is 24.4. The minimum Gasteiger partial charge on any atom is -0.506 e. The Morgan fingerprint density at radius 2 is 1.73 bits per heavy atom. The molecule has 0 aliphatic heterocycles. The van der Waals surface area contributed by atoms with Crippen molar-refractivity contribution >= 4 is 27.3 Å². The first kappa shape index (κ1) is 26.5. The summed E-state index contributed by atoms with van der Waals surface area (Å²) < 4.78 is 25.2. The Balaban J connectivity index is 1.88. The zero-order valence-electron chi connectivity index (χ0n) is 19.5. The third-order valence-electron chi connectivity index (χ3n) is 5.29. The molecule has 0 aliphatic rings. The van der Waals surface area contributed by atoms with Gasteiger partial charge >= 0.3 is 0 Å². The molecule has 1 amide bonds. The average molecular weight is 478 g/mol. The molecule has 4 N–H and O–H groups in total. The molecule has 0 aliphatic carbocycles. The van der Waals surface area contributed by atoms with Crippen LogP contribution in [0.25, 0.3) is 0 Å². The van der Waals surface area contributed by atoms with Crippen LogP contribution in [0.2, 0.25) is 0 Å². The number of phenols is 1. The molecule has 0 heterocycles. The van der Waals surface area contributed by atoms with Crippen molar-refractivity contribution in [3.05, 3.63) is 53.6 Å². The maximum absolute atomic E-state index is 11.6. The SMILES string of the molecule is CN(C)C(=O)CCCCCCc1ccccc1NCC(O)c1ccc(O)c(NS(C)(=O)=O)c1. The van der Waals surface area contributed by atoms with Crippen LogP contribution in [0.5, 0.6) is 5.75 Å². The molecule has 182 valence electrons. The number of nitrogens with one attached hydrogen (secondary N) is 2. The van der Waals surface area contributed by atoms with Crippen molar-refractivity contribution < 1.29 is 23.4 Å². The Kier molecular flexibility index (Phi) is 9.99. The lowest BCUT2D eigenvalue weighted by Crippen LogP contribution is -2.20. The minimum atomic E-state index is -3.55. The summed E-state index contributed by atoms with van der Waals surface area (Å²) >= 11 is 0. The number of unbranched alkanes of at least 4 members (excludes halogenated alkanes) is 3. The molecule has 0 saturated heterocycles. The molecule has 2 rings (SSSR count). The number of nitrogens with zero attached hydrogens (tertiary/aromatic N) is 1. The van der Waals surface area contributed by atoms with E-state index in [-0.39, 0.29) is 23.9 Å². The second kappa shape index (κ2) is 12.5. The lowest BCUT2D eigenvalue weighted by atomic mass is 10.0. The van der Waals surface area contributed by atoms with Crippen molar-refractivity contribution in [3.63, 3.8) is 0 Å². The van der Waals surface area contributed by atoms with Gasteiger partial charge in [0, 0.05) is 32.7 Å². The lowest BCUT2D eigenvalue weighted by Gasteiger charge is -2.17. The molecule has 8 nitrogen and oxygen atoms in total. The first-order valence-electron chi connectivity index (χ1n) is 11.1. The summed E-state index contributed by atoms with van der Waals surface area (Å²) in [5, 5.41) is 23.7. The molecule has 0 bridgehead atoms. The molecule has 9 heteroatoms. The van der Waals surface area contributed by atoms with Crippen molar-refractivity contribution in [1.29, 1.82) is 0 Å². The van der Waals surface area contributed by atoms with Crippen LogP contribution in [0.15, 0.2) is 42.5 Å². The molecule has 2 aromatic rings. The van der Waals surface area contributed by atoms with Crippen molar-refractivity contribution in [2.24, 2.45) is 0 Å². The number of rotatable bonds is 13. The fourth-order valence-corrected chi connectivity index (χ4v) is 4.01. The van der Waals surface area contributed by atoms with Gasteiger partial charge in [-0.3, -0.25) is 9.52 Å². The first-order valence-corrected chi connectivity index (χ1v) is 13.0. The Bertz CT molecular complexity index is 1020. The van der Waals surface area contributed by atoms with Crippen molar-refractivity contribution in [2.75, 3.05) is 36.9 Å². The van der Waals surface area contributed by atoms with E-state index >= 15 is 0 Å². The van der Waals surface area contributed by atoms with Gasteiger partial charge in [-0.15, -0.1) is 0 Å². The molecular formula is C24H35N3O5S. The van der Waals surface area contributed by atoms with Gasteiger partial charge in [0.15, 0.2) is 0 Å². The van der Waals surface area contributed by atoms with E-state index in [1.165, 1.54) is 12.1 Å². The zero-order valence-corrected chi connectivity index (χ0v) is 20.4. The van der Waals surface area contributed by atoms with E-state index in [1.54, 1.807) is 25.1 Å². The maximum Gasteiger partial charge on any atom is 0.229 e. The topological polar surface area (TPSA) is 119 Å². The summed E-state index contributed by atoms with van der Waals surface area (Å²) in [4.78, 5) is 13.2.